The summed E-state index contributed by atoms with van der Waals surface area (Å²) in [7, 11) is 1.41. The van der Waals surface area contributed by atoms with E-state index >= 15 is 4.39 Å². The van der Waals surface area contributed by atoms with Crippen molar-refractivity contribution in [3.63, 3.8) is 0 Å². The van der Waals surface area contributed by atoms with Crippen LogP contribution >= 0.6 is 0 Å². The first-order valence-corrected chi connectivity index (χ1v) is 12.5. The molecule has 11 heteroatoms. The molecule has 1 atom stereocenters. The molecular formula is C27H26FN3O7. The number of hydrogen-bond donors (Lipinski definition) is 1. The van der Waals surface area contributed by atoms with Gasteiger partial charge in [-0.05, 0) is 31.0 Å². The molecule has 6 rings (SSSR count). The Labute approximate surface area is 216 Å². The SMILES string of the molecule is COc1c(N2CCN(C(=O)C3COc4ccccc4O3)CC2)c(F)cc2c(=O)c(C(=O)O)cn(C3CC3)c12. The number of fused-ring (bicyclic) bond motifs is 2. The van der Waals surface area contributed by atoms with E-state index in [2.05, 4.69) is 0 Å². The number of halogens is 1. The highest BCUT2D eigenvalue weighted by Crippen LogP contribution is 2.44. The zero-order chi connectivity index (χ0) is 26.6. The average molecular weight is 524 g/mol. The third kappa shape index (κ3) is 3.98. The lowest BCUT2D eigenvalue weighted by molar-refractivity contribution is -0.141. The van der Waals surface area contributed by atoms with Crippen molar-refractivity contribution in [3.05, 3.63) is 58.1 Å². The van der Waals surface area contributed by atoms with Crippen molar-refractivity contribution in [2.45, 2.75) is 25.0 Å². The summed E-state index contributed by atoms with van der Waals surface area (Å²) in [6, 6.07) is 8.29. The number of ether oxygens (including phenoxy) is 3. The number of piperazine rings is 1. The molecule has 3 aliphatic rings. The summed E-state index contributed by atoms with van der Waals surface area (Å²) in [5, 5.41) is 9.49. The number of para-hydroxylation sites is 2. The molecule has 1 unspecified atom stereocenters. The number of nitrogens with zero attached hydrogens (tertiary/aromatic N) is 3. The number of anilines is 1. The van der Waals surface area contributed by atoms with Crippen LogP contribution in [0, 0.1) is 5.82 Å². The van der Waals surface area contributed by atoms with Gasteiger partial charge in [-0.1, -0.05) is 12.1 Å². The van der Waals surface area contributed by atoms with Crippen LogP contribution in [-0.2, 0) is 4.79 Å². The summed E-state index contributed by atoms with van der Waals surface area (Å²) in [5.41, 5.74) is -0.580. The first kappa shape index (κ1) is 24.1. The van der Waals surface area contributed by atoms with E-state index in [1.165, 1.54) is 13.3 Å². The van der Waals surface area contributed by atoms with E-state index in [-0.39, 0.29) is 35.4 Å². The van der Waals surface area contributed by atoms with Crippen molar-refractivity contribution in [1.82, 2.24) is 9.47 Å². The molecule has 1 saturated heterocycles. The monoisotopic (exact) mass is 523 g/mol. The molecule has 38 heavy (non-hydrogen) atoms. The zero-order valence-electron chi connectivity index (χ0n) is 20.7. The Morgan fingerprint density at radius 2 is 1.82 bits per heavy atom. The van der Waals surface area contributed by atoms with Gasteiger partial charge in [-0.3, -0.25) is 9.59 Å². The Bertz CT molecular complexity index is 1510. The molecule has 2 aromatic carbocycles. The molecule has 2 aliphatic heterocycles. The van der Waals surface area contributed by atoms with Crippen LogP contribution in [0.5, 0.6) is 17.2 Å². The van der Waals surface area contributed by atoms with Gasteiger partial charge in [-0.15, -0.1) is 0 Å². The summed E-state index contributed by atoms with van der Waals surface area (Å²) < 4.78 is 34.5. The highest BCUT2D eigenvalue weighted by Gasteiger charge is 2.35. The maximum Gasteiger partial charge on any atom is 0.341 e. The van der Waals surface area contributed by atoms with Gasteiger partial charge in [0.1, 0.15) is 17.9 Å². The van der Waals surface area contributed by atoms with E-state index in [4.69, 9.17) is 14.2 Å². The van der Waals surface area contributed by atoms with Gasteiger partial charge in [0.25, 0.3) is 5.91 Å². The van der Waals surface area contributed by atoms with Crippen LogP contribution in [0.4, 0.5) is 10.1 Å². The smallest absolute Gasteiger partial charge is 0.341 e. The normalized spacial score (nSPS) is 18.9. The van der Waals surface area contributed by atoms with Gasteiger partial charge in [0.15, 0.2) is 23.1 Å². The molecule has 2 fully saturated rings. The third-order valence-electron chi connectivity index (χ3n) is 7.26. The lowest BCUT2D eigenvalue weighted by Gasteiger charge is -2.38. The molecule has 1 N–H and O–H groups in total. The number of benzene rings is 2. The van der Waals surface area contributed by atoms with Crippen molar-refractivity contribution in [2.75, 3.05) is 44.8 Å². The fourth-order valence-corrected chi connectivity index (χ4v) is 5.22. The molecule has 1 amide bonds. The van der Waals surface area contributed by atoms with E-state index in [1.54, 1.807) is 26.5 Å². The highest BCUT2D eigenvalue weighted by atomic mass is 19.1. The summed E-state index contributed by atoms with van der Waals surface area (Å²) >= 11 is 0. The van der Waals surface area contributed by atoms with E-state index in [0.717, 1.165) is 18.9 Å². The maximum atomic E-state index is 15.6. The number of pyridine rings is 1. The number of aromatic nitrogens is 1. The number of carboxylic acid groups (broad SMARTS) is 1. The van der Waals surface area contributed by atoms with Gasteiger partial charge in [-0.25, -0.2) is 9.18 Å². The standard InChI is InChI=1S/C27H26FN3O7/c1-36-25-22-16(24(32)17(27(34)35)13-31(22)15-6-7-15)12-18(28)23(25)29-8-10-30(11-9-29)26(33)21-14-37-19-4-2-3-5-20(19)38-21/h2-5,12-13,15,21H,6-11,14H2,1H3,(H,34,35). The molecule has 1 aliphatic carbocycles. The minimum Gasteiger partial charge on any atom is -0.492 e. The molecule has 1 saturated carbocycles. The van der Waals surface area contributed by atoms with E-state index in [0.29, 0.717) is 43.2 Å². The van der Waals surface area contributed by atoms with Crippen LogP contribution in [0.3, 0.4) is 0 Å². The number of carboxylic acids is 1. The number of carbonyl (C=O) groups excluding carboxylic acids is 1. The molecule has 0 radical (unpaired) electrons. The van der Waals surface area contributed by atoms with Gasteiger partial charge in [0, 0.05) is 38.4 Å². The van der Waals surface area contributed by atoms with Crippen LogP contribution in [0.2, 0.25) is 0 Å². The van der Waals surface area contributed by atoms with Crippen LogP contribution in [-0.4, -0.2) is 72.4 Å². The number of amides is 1. The molecule has 0 bridgehead atoms. The number of carbonyl (C=O) groups is 2. The first-order chi connectivity index (χ1) is 18.4. The Balaban J connectivity index is 1.28. The van der Waals surface area contributed by atoms with Gasteiger partial charge in [-0.2, -0.15) is 0 Å². The quantitative estimate of drug-likeness (QED) is 0.544. The molecule has 10 nitrogen and oxygen atoms in total. The Kier molecular flexibility index (Phi) is 5.85. The molecule has 0 spiro atoms. The zero-order valence-corrected chi connectivity index (χ0v) is 20.7. The summed E-state index contributed by atoms with van der Waals surface area (Å²) in [5.74, 6) is -0.940. The van der Waals surface area contributed by atoms with Crippen LogP contribution in [0.1, 0.15) is 29.2 Å². The van der Waals surface area contributed by atoms with E-state index in [1.807, 2.05) is 12.1 Å². The largest absolute Gasteiger partial charge is 0.492 e. The van der Waals surface area contributed by atoms with Crippen LogP contribution in [0.25, 0.3) is 10.9 Å². The molecule has 3 heterocycles. The Hall–Kier alpha value is -4.28. The molecular weight excluding hydrogens is 497 g/mol. The highest BCUT2D eigenvalue weighted by molar-refractivity contribution is 5.97. The minimum absolute atomic E-state index is 0.0146. The second kappa shape index (κ2) is 9.23. The van der Waals surface area contributed by atoms with E-state index in [9.17, 15) is 19.5 Å². The van der Waals surface area contributed by atoms with Gasteiger partial charge in [0.05, 0.1) is 18.0 Å². The molecule has 1 aromatic heterocycles. The fraction of sp³-hybridized carbons (Fsp3) is 0.370. The first-order valence-electron chi connectivity index (χ1n) is 12.5. The third-order valence-corrected chi connectivity index (χ3v) is 7.26. The number of rotatable bonds is 5. The van der Waals surface area contributed by atoms with Crippen molar-refractivity contribution < 1.29 is 33.3 Å². The van der Waals surface area contributed by atoms with Crippen molar-refractivity contribution >= 4 is 28.5 Å². The van der Waals surface area contributed by atoms with Crippen molar-refractivity contribution in [2.24, 2.45) is 0 Å². The lowest BCUT2D eigenvalue weighted by atomic mass is 10.1. The summed E-state index contributed by atoms with van der Waals surface area (Å²) in [4.78, 5) is 41.2. The number of aromatic carboxylic acids is 1. The topological polar surface area (TPSA) is 111 Å². The molecule has 3 aromatic rings. The maximum absolute atomic E-state index is 15.6. The van der Waals surface area contributed by atoms with Crippen molar-refractivity contribution in [3.8, 4) is 17.2 Å². The average Bonchev–Trinajstić information content (AvgIpc) is 3.78. The second-order valence-electron chi connectivity index (χ2n) is 9.63. The van der Waals surface area contributed by atoms with Crippen LogP contribution in [0.15, 0.2) is 41.3 Å². The summed E-state index contributed by atoms with van der Waals surface area (Å²) in [6.45, 7) is 1.42. The predicted octanol–water partition coefficient (Wildman–Crippen LogP) is 2.67. The predicted molar refractivity (Wildman–Crippen MR) is 135 cm³/mol. The number of methoxy groups -OCH3 is 1. The fourth-order valence-electron chi connectivity index (χ4n) is 5.22. The number of hydrogen-bond acceptors (Lipinski definition) is 7. The van der Waals surface area contributed by atoms with Gasteiger partial charge < -0.3 is 33.7 Å². The summed E-state index contributed by atoms with van der Waals surface area (Å²) in [6.07, 6.45) is 2.21. The van der Waals surface area contributed by atoms with Gasteiger partial charge in [0.2, 0.25) is 11.5 Å². The second-order valence-corrected chi connectivity index (χ2v) is 9.63. The Morgan fingerprint density at radius 3 is 2.47 bits per heavy atom. The van der Waals surface area contributed by atoms with Crippen molar-refractivity contribution in [1.29, 1.82) is 0 Å². The molecule has 198 valence electrons. The van der Waals surface area contributed by atoms with E-state index < -0.39 is 28.9 Å². The lowest BCUT2D eigenvalue weighted by Crippen LogP contribution is -2.54. The van der Waals surface area contributed by atoms with Crippen LogP contribution < -0.4 is 24.5 Å². The Morgan fingerprint density at radius 1 is 1.11 bits per heavy atom. The minimum atomic E-state index is -1.36. The van der Waals surface area contributed by atoms with Gasteiger partial charge >= 0.3 is 5.97 Å².